The van der Waals surface area contributed by atoms with Gasteiger partial charge in [0.25, 0.3) is 0 Å². The van der Waals surface area contributed by atoms with Crippen LogP contribution in [0.5, 0.6) is 0 Å². The van der Waals surface area contributed by atoms with E-state index in [0.29, 0.717) is 0 Å². The number of aliphatic imine (C=N–C) groups is 1. The van der Waals surface area contributed by atoms with Gasteiger partial charge in [0.15, 0.2) is 0 Å². The SMILES string of the molecule is CC(=O)C(C=NC(C)(C)C)C(C)=O. The second-order valence-corrected chi connectivity index (χ2v) is 4.15. The summed E-state index contributed by atoms with van der Waals surface area (Å²) in [6.45, 7) is 8.56. The lowest BCUT2D eigenvalue weighted by atomic mass is 10.0. The first-order valence-electron chi connectivity index (χ1n) is 4.30. The molecule has 0 aromatic carbocycles. The molecule has 0 unspecified atom stereocenters. The number of nitrogens with zero attached hydrogens (tertiary/aromatic N) is 1. The average Bonchev–Trinajstić information content (AvgIpc) is 1.82. The van der Waals surface area contributed by atoms with Crippen molar-refractivity contribution in [1.29, 1.82) is 0 Å². The minimum atomic E-state index is -0.667. The first kappa shape index (κ1) is 12.0. The van der Waals surface area contributed by atoms with E-state index in [2.05, 4.69) is 4.99 Å². The fourth-order valence-electron chi connectivity index (χ4n) is 0.794. The Hall–Kier alpha value is -0.990. The zero-order chi connectivity index (χ0) is 10.6. The van der Waals surface area contributed by atoms with Crippen LogP contribution in [0.1, 0.15) is 34.6 Å². The van der Waals surface area contributed by atoms with Crippen molar-refractivity contribution in [3.63, 3.8) is 0 Å². The highest BCUT2D eigenvalue weighted by atomic mass is 16.1. The summed E-state index contributed by atoms with van der Waals surface area (Å²) in [6.07, 6.45) is 1.45. The average molecular weight is 183 g/mol. The minimum Gasteiger partial charge on any atom is -0.299 e. The number of rotatable bonds is 3. The molecule has 0 saturated heterocycles. The standard InChI is InChI=1S/C10H17NO2/c1-7(12)9(8(2)13)6-11-10(3,4)5/h6,9H,1-5H3. The highest BCUT2D eigenvalue weighted by molar-refractivity contribution is 6.12. The predicted octanol–water partition coefficient (Wildman–Crippen LogP) is 1.65. The van der Waals surface area contributed by atoms with Crippen LogP contribution in [0.25, 0.3) is 0 Å². The monoisotopic (exact) mass is 183 g/mol. The van der Waals surface area contributed by atoms with Crippen LogP contribution >= 0.6 is 0 Å². The quantitative estimate of drug-likeness (QED) is 0.493. The van der Waals surface area contributed by atoms with Gasteiger partial charge >= 0.3 is 0 Å². The van der Waals surface area contributed by atoms with E-state index in [4.69, 9.17) is 0 Å². The van der Waals surface area contributed by atoms with E-state index < -0.39 is 5.92 Å². The summed E-state index contributed by atoms with van der Waals surface area (Å²) in [5.41, 5.74) is -0.233. The van der Waals surface area contributed by atoms with E-state index in [0.717, 1.165) is 0 Å². The number of hydrogen-bond donors (Lipinski definition) is 0. The van der Waals surface area contributed by atoms with Crippen molar-refractivity contribution >= 4 is 17.8 Å². The summed E-state index contributed by atoms with van der Waals surface area (Å²) in [5.74, 6) is -0.972. The number of ketones is 2. The second kappa shape index (κ2) is 4.30. The third kappa shape index (κ3) is 5.28. The van der Waals surface area contributed by atoms with Crippen molar-refractivity contribution in [3.8, 4) is 0 Å². The molecule has 0 atom stereocenters. The van der Waals surface area contributed by atoms with E-state index >= 15 is 0 Å². The first-order chi connectivity index (χ1) is 5.74. The predicted molar refractivity (Wildman–Crippen MR) is 53.1 cm³/mol. The van der Waals surface area contributed by atoms with Crippen molar-refractivity contribution < 1.29 is 9.59 Å². The molecule has 0 bridgehead atoms. The Morgan fingerprint density at radius 2 is 1.54 bits per heavy atom. The van der Waals surface area contributed by atoms with E-state index in [-0.39, 0.29) is 17.1 Å². The lowest BCUT2D eigenvalue weighted by Crippen LogP contribution is -2.23. The zero-order valence-corrected chi connectivity index (χ0v) is 8.92. The van der Waals surface area contributed by atoms with Crippen molar-refractivity contribution in [2.75, 3.05) is 0 Å². The maximum Gasteiger partial charge on any atom is 0.145 e. The molecule has 0 aromatic rings. The maximum atomic E-state index is 11.0. The van der Waals surface area contributed by atoms with E-state index in [1.165, 1.54) is 20.1 Å². The van der Waals surface area contributed by atoms with Gasteiger partial charge in [0, 0.05) is 6.21 Å². The maximum absolute atomic E-state index is 11.0. The van der Waals surface area contributed by atoms with Crippen LogP contribution in [0, 0.1) is 5.92 Å². The molecule has 0 heterocycles. The summed E-state index contributed by atoms with van der Waals surface area (Å²) >= 11 is 0. The van der Waals surface area contributed by atoms with E-state index in [9.17, 15) is 9.59 Å². The Labute approximate surface area is 79.2 Å². The van der Waals surface area contributed by atoms with Crippen LogP contribution in [0.15, 0.2) is 4.99 Å². The number of carbonyl (C=O) groups is 2. The second-order valence-electron chi connectivity index (χ2n) is 4.15. The molecule has 3 nitrogen and oxygen atoms in total. The largest absolute Gasteiger partial charge is 0.299 e. The van der Waals surface area contributed by atoms with Gasteiger partial charge in [-0.15, -0.1) is 0 Å². The Kier molecular flexibility index (Phi) is 3.98. The van der Waals surface area contributed by atoms with Gasteiger partial charge in [-0.3, -0.25) is 14.6 Å². The molecule has 0 saturated carbocycles. The van der Waals surface area contributed by atoms with Crippen molar-refractivity contribution in [1.82, 2.24) is 0 Å². The molecule has 0 rings (SSSR count). The van der Waals surface area contributed by atoms with E-state index in [1.54, 1.807) is 0 Å². The lowest BCUT2D eigenvalue weighted by molar-refractivity contribution is -0.127. The third-order valence-corrected chi connectivity index (χ3v) is 1.49. The lowest BCUT2D eigenvalue weighted by Gasteiger charge is -2.12. The van der Waals surface area contributed by atoms with Crippen LogP contribution in [-0.2, 0) is 9.59 Å². The van der Waals surface area contributed by atoms with Crippen molar-refractivity contribution in [2.45, 2.75) is 40.2 Å². The molecule has 0 aliphatic heterocycles. The van der Waals surface area contributed by atoms with Gasteiger partial charge in [0.2, 0.25) is 0 Å². The van der Waals surface area contributed by atoms with Gasteiger partial charge in [-0.25, -0.2) is 0 Å². The number of Topliss-reactive ketones (excluding diaryl/α,β-unsaturated/α-hetero) is 2. The van der Waals surface area contributed by atoms with Crippen LogP contribution in [-0.4, -0.2) is 23.3 Å². The molecular formula is C10H17NO2. The molecule has 0 spiro atoms. The Balaban J connectivity index is 4.54. The smallest absolute Gasteiger partial charge is 0.145 e. The molecule has 0 aliphatic rings. The number of hydrogen-bond acceptors (Lipinski definition) is 3. The van der Waals surface area contributed by atoms with E-state index in [1.807, 2.05) is 20.8 Å². The molecule has 0 fully saturated rings. The highest BCUT2D eigenvalue weighted by Crippen LogP contribution is 2.07. The van der Waals surface area contributed by atoms with Gasteiger partial charge in [-0.05, 0) is 34.6 Å². The molecule has 0 aliphatic carbocycles. The third-order valence-electron chi connectivity index (χ3n) is 1.49. The Bertz CT molecular complexity index is 222. The Morgan fingerprint density at radius 3 is 1.77 bits per heavy atom. The normalized spacial score (nSPS) is 12.5. The van der Waals surface area contributed by atoms with Gasteiger partial charge in [-0.2, -0.15) is 0 Å². The topological polar surface area (TPSA) is 46.5 Å². The molecule has 0 amide bonds. The van der Waals surface area contributed by atoms with Crippen LogP contribution < -0.4 is 0 Å². The fourth-order valence-corrected chi connectivity index (χ4v) is 0.794. The molecule has 0 N–H and O–H groups in total. The van der Waals surface area contributed by atoms with Gasteiger partial charge in [0.1, 0.15) is 17.5 Å². The highest BCUT2D eigenvalue weighted by Gasteiger charge is 2.17. The van der Waals surface area contributed by atoms with Crippen molar-refractivity contribution in [3.05, 3.63) is 0 Å². The Morgan fingerprint density at radius 1 is 1.15 bits per heavy atom. The fraction of sp³-hybridized carbons (Fsp3) is 0.700. The summed E-state index contributed by atoms with van der Waals surface area (Å²) in [4.78, 5) is 26.1. The minimum absolute atomic E-state index is 0.152. The molecule has 13 heavy (non-hydrogen) atoms. The summed E-state index contributed by atoms with van der Waals surface area (Å²) in [5, 5.41) is 0. The van der Waals surface area contributed by atoms with Gasteiger partial charge in [-0.1, -0.05) is 0 Å². The summed E-state index contributed by atoms with van der Waals surface area (Å²) < 4.78 is 0. The molecular weight excluding hydrogens is 166 g/mol. The first-order valence-corrected chi connectivity index (χ1v) is 4.30. The summed E-state index contributed by atoms with van der Waals surface area (Å²) in [6, 6.07) is 0. The van der Waals surface area contributed by atoms with Gasteiger partial charge in [0.05, 0.1) is 5.54 Å². The number of carbonyl (C=O) groups excluding carboxylic acids is 2. The molecule has 3 heteroatoms. The van der Waals surface area contributed by atoms with Crippen LogP contribution in [0.2, 0.25) is 0 Å². The van der Waals surface area contributed by atoms with Crippen LogP contribution in [0.4, 0.5) is 0 Å². The summed E-state index contributed by atoms with van der Waals surface area (Å²) in [7, 11) is 0. The van der Waals surface area contributed by atoms with Crippen LogP contribution in [0.3, 0.4) is 0 Å². The molecule has 0 radical (unpaired) electrons. The van der Waals surface area contributed by atoms with Crippen molar-refractivity contribution in [2.24, 2.45) is 10.9 Å². The van der Waals surface area contributed by atoms with Gasteiger partial charge < -0.3 is 0 Å². The zero-order valence-electron chi connectivity index (χ0n) is 8.92. The molecule has 0 aromatic heterocycles. The molecule has 74 valence electrons.